The van der Waals surface area contributed by atoms with Gasteiger partial charge in [0.25, 0.3) is 0 Å². The molecule has 0 N–H and O–H groups in total. The SMILES string of the molecule is CC/C=C\C/C=C\C/C=C\C/C=C\C/C=C\CCCC(=O)OC(COC(=O)CCCCCCCCCC/C=C\C/C=C\C/C=C\C/C=C\CC)COC(=O)CCCCCCCCCCCCCCCCCCC. The van der Waals surface area contributed by atoms with Crippen molar-refractivity contribution >= 4 is 17.9 Å². The van der Waals surface area contributed by atoms with Gasteiger partial charge >= 0.3 is 17.9 Å². The van der Waals surface area contributed by atoms with E-state index in [0.717, 1.165) is 109 Å². The molecule has 0 aromatic carbocycles. The van der Waals surface area contributed by atoms with Gasteiger partial charge in [0.05, 0.1) is 0 Å². The number of carbonyl (C=O) groups is 3. The molecule has 6 nitrogen and oxygen atoms in total. The molecule has 0 saturated heterocycles. The standard InChI is InChI=1S/C67H112O6/c1-4-7-10-13-16-19-22-25-28-31-32-33-34-37-39-42-45-48-51-54-57-60-66(69)72-63-64(73-67(70)61-58-55-52-49-46-43-40-36-30-27-24-21-18-15-12-9-6-3)62-71-65(68)59-56-53-50-47-44-41-38-35-29-26-23-20-17-14-11-8-5-2/h7,9-10,12,16,18-19,21,25,27-28,30,32-33,40,43,49,52,64H,4-6,8,11,13-15,17,20,22-24,26,29,31,34-39,41-42,44-48,50-51,53-63H2,1-3H3/b10-7-,12-9-,19-16-,21-18-,28-25-,30-27-,33-32-,43-40-,52-49-. The topological polar surface area (TPSA) is 78.9 Å². The Balaban J connectivity index is 4.46. The summed E-state index contributed by atoms with van der Waals surface area (Å²) >= 11 is 0. The zero-order valence-electron chi connectivity index (χ0n) is 47.6. The monoisotopic (exact) mass is 1010 g/mol. The Morgan fingerprint density at radius 1 is 0.288 bits per heavy atom. The molecule has 0 aromatic heterocycles. The minimum Gasteiger partial charge on any atom is -0.462 e. The molecule has 0 saturated carbocycles. The summed E-state index contributed by atoms with van der Waals surface area (Å²) in [6, 6.07) is 0. The zero-order chi connectivity index (χ0) is 52.9. The van der Waals surface area contributed by atoms with E-state index in [1.165, 1.54) is 122 Å². The summed E-state index contributed by atoms with van der Waals surface area (Å²) in [6.45, 7) is 6.38. The highest BCUT2D eigenvalue weighted by atomic mass is 16.6. The smallest absolute Gasteiger partial charge is 0.306 e. The van der Waals surface area contributed by atoms with E-state index in [4.69, 9.17) is 14.2 Å². The van der Waals surface area contributed by atoms with Crippen molar-refractivity contribution in [2.24, 2.45) is 0 Å². The Labute approximate surface area is 450 Å². The van der Waals surface area contributed by atoms with E-state index < -0.39 is 6.10 Å². The van der Waals surface area contributed by atoms with Crippen LogP contribution in [-0.2, 0) is 28.6 Å². The van der Waals surface area contributed by atoms with Crippen molar-refractivity contribution in [1.82, 2.24) is 0 Å². The van der Waals surface area contributed by atoms with Gasteiger partial charge in [-0.15, -0.1) is 0 Å². The Bertz CT molecular complexity index is 1490. The molecule has 6 heteroatoms. The molecule has 0 radical (unpaired) electrons. The van der Waals surface area contributed by atoms with Gasteiger partial charge in [0.1, 0.15) is 13.2 Å². The first kappa shape index (κ1) is 69.1. The van der Waals surface area contributed by atoms with Crippen LogP contribution < -0.4 is 0 Å². The summed E-state index contributed by atoms with van der Waals surface area (Å²) in [4.78, 5) is 38.2. The lowest BCUT2D eigenvalue weighted by Crippen LogP contribution is -2.30. The fourth-order valence-corrected chi connectivity index (χ4v) is 8.29. The Morgan fingerprint density at radius 3 is 0.877 bits per heavy atom. The lowest BCUT2D eigenvalue weighted by atomic mass is 10.0. The molecular weight excluding hydrogens is 901 g/mol. The van der Waals surface area contributed by atoms with Crippen molar-refractivity contribution < 1.29 is 28.6 Å². The largest absolute Gasteiger partial charge is 0.462 e. The van der Waals surface area contributed by atoms with Gasteiger partial charge in [0.2, 0.25) is 0 Å². The van der Waals surface area contributed by atoms with E-state index in [9.17, 15) is 14.4 Å². The van der Waals surface area contributed by atoms with Gasteiger partial charge in [0, 0.05) is 19.3 Å². The molecular formula is C67H112O6. The average Bonchev–Trinajstić information content (AvgIpc) is 3.39. The maximum Gasteiger partial charge on any atom is 0.306 e. The van der Waals surface area contributed by atoms with Crippen molar-refractivity contribution in [2.45, 2.75) is 284 Å². The van der Waals surface area contributed by atoms with Gasteiger partial charge in [-0.3, -0.25) is 14.4 Å². The van der Waals surface area contributed by atoms with Crippen molar-refractivity contribution in [2.75, 3.05) is 13.2 Å². The van der Waals surface area contributed by atoms with Crippen molar-refractivity contribution in [3.8, 4) is 0 Å². The molecule has 73 heavy (non-hydrogen) atoms. The number of ether oxygens (including phenoxy) is 3. The van der Waals surface area contributed by atoms with Gasteiger partial charge in [-0.05, 0) is 96.3 Å². The summed E-state index contributed by atoms with van der Waals surface area (Å²) in [7, 11) is 0. The van der Waals surface area contributed by atoms with E-state index in [-0.39, 0.29) is 37.5 Å². The van der Waals surface area contributed by atoms with Crippen molar-refractivity contribution in [1.29, 1.82) is 0 Å². The van der Waals surface area contributed by atoms with Gasteiger partial charge in [-0.25, -0.2) is 0 Å². The number of esters is 3. The highest BCUT2D eigenvalue weighted by Gasteiger charge is 2.19. The molecule has 416 valence electrons. The number of carbonyl (C=O) groups excluding carboxylic acids is 3. The summed E-state index contributed by atoms with van der Waals surface area (Å²) in [5, 5.41) is 0. The predicted molar refractivity (Wildman–Crippen MR) is 316 cm³/mol. The first-order valence-electron chi connectivity index (χ1n) is 30.4. The highest BCUT2D eigenvalue weighted by molar-refractivity contribution is 5.71. The van der Waals surface area contributed by atoms with E-state index in [2.05, 4.69) is 130 Å². The van der Waals surface area contributed by atoms with Crippen LogP contribution >= 0.6 is 0 Å². The summed E-state index contributed by atoms with van der Waals surface area (Å²) in [5.74, 6) is -0.963. The number of rotatable bonds is 54. The van der Waals surface area contributed by atoms with E-state index in [0.29, 0.717) is 19.3 Å². The third-order valence-electron chi connectivity index (χ3n) is 12.8. The Hall–Kier alpha value is -3.93. The normalized spacial score (nSPS) is 12.9. The van der Waals surface area contributed by atoms with Crippen LogP contribution in [0.25, 0.3) is 0 Å². The molecule has 0 aliphatic rings. The molecule has 0 heterocycles. The van der Waals surface area contributed by atoms with Gasteiger partial charge in [-0.1, -0.05) is 271 Å². The molecule has 0 spiro atoms. The molecule has 0 aliphatic heterocycles. The average molecular weight is 1010 g/mol. The molecule has 1 unspecified atom stereocenters. The van der Waals surface area contributed by atoms with Crippen LogP contribution in [0.2, 0.25) is 0 Å². The van der Waals surface area contributed by atoms with Gasteiger partial charge in [-0.2, -0.15) is 0 Å². The number of allylic oxidation sites excluding steroid dienone is 18. The highest BCUT2D eigenvalue weighted by Crippen LogP contribution is 2.16. The van der Waals surface area contributed by atoms with E-state index in [1.807, 2.05) is 0 Å². The summed E-state index contributed by atoms with van der Waals surface area (Å²) in [5.41, 5.74) is 0. The lowest BCUT2D eigenvalue weighted by Gasteiger charge is -2.18. The zero-order valence-corrected chi connectivity index (χ0v) is 47.6. The predicted octanol–water partition coefficient (Wildman–Crippen LogP) is 20.7. The maximum absolute atomic E-state index is 12.9. The minimum absolute atomic E-state index is 0.102. The molecule has 0 bridgehead atoms. The minimum atomic E-state index is -0.812. The molecule has 1 atom stereocenters. The van der Waals surface area contributed by atoms with E-state index in [1.54, 1.807) is 0 Å². The quantitative estimate of drug-likeness (QED) is 0.0261. The first-order valence-corrected chi connectivity index (χ1v) is 30.4. The fraction of sp³-hybridized carbons (Fsp3) is 0.687. The van der Waals surface area contributed by atoms with Crippen LogP contribution in [0.5, 0.6) is 0 Å². The maximum atomic E-state index is 12.9. The van der Waals surface area contributed by atoms with Gasteiger partial charge < -0.3 is 14.2 Å². The third-order valence-corrected chi connectivity index (χ3v) is 12.8. The van der Waals surface area contributed by atoms with Crippen LogP contribution in [0.15, 0.2) is 109 Å². The Morgan fingerprint density at radius 2 is 0.548 bits per heavy atom. The first-order chi connectivity index (χ1) is 36.0. The number of hydrogen-bond donors (Lipinski definition) is 0. The second kappa shape index (κ2) is 60.6. The summed E-state index contributed by atoms with van der Waals surface area (Å²) < 4.78 is 16.9. The molecule has 0 rings (SSSR count). The second-order valence-corrected chi connectivity index (χ2v) is 19.9. The summed E-state index contributed by atoms with van der Waals surface area (Å²) in [6.07, 6.45) is 82.3. The van der Waals surface area contributed by atoms with Crippen LogP contribution in [-0.4, -0.2) is 37.2 Å². The number of unbranched alkanes of at least 4 members (excludes halogenated alkanes) is 25. The van der Waals surface area contributed by atoms with Crippen LogP contribution in [0.1, 0.15) is 278 Å². The van der Waals surface area contributed by atoms with Crippen molar-refractivity contribution in [3.63, 3.8) is 0 Å². The second-order valence-electron chi connectivity index (χ2n) is 19.9. The van der Waals surface area contributed by atoms with Crippen LogP contribution in [0, 0.1) is 0 Å². The molecule has 0 fully saturated rings. The third kappa shape index (κ3) is 58.8. The molecule has 0 aromatic rings. The Kier molecular flexibility index (Phi) is 57.4. The van der Waals surface area contributed by atoms with Crippen LogP contribution in [0.4, 0.5) is 0 Å². The van der Waals surface area contributed by atoms with Crippen LogP contribution in [0.3, 0.4) is 0 Å². The van der Waals surface area contributed by atoms with E-state index >= 15 is 0 Å². The number of hydrogen-bond acceptors (Lipinski definition) is 6. The molecule has 0 amide bonds. The lowest BCUT2D eigenvalue weighted by molar-refractivity contribution is -0.167. The fourth-order valence-electron chi connectivity index (χ4n) is 8.29. The molecule has 0 aliphatic carbocycles. The van der Waals surface area contributed by atoms with Crippen molar-refractivity contribution in [3.05, 3.63) is 109 Å². The van der Waals surface area contributed by atoms with Gasteiger partial charge in [0.15, 0.2) is 6.10 Å².